The molecule has 1 fully saturated rings. The van der Waals surface area contributed by atoms with Crippen LogP contribution in [-0.2, 0) is 19.5 Å². The fourth-order valence-electron chi connectivity index (χ4n) is 3.09. The minimum Gasteiger partial charge on any atom is -0.310 e. The molecule has 0 spiro atoms. The van der Waals surface area contributed by atoms with Crippen molar-refractivity contribution in [2.24, 2.45) is 0 Å². The van der Waals surface area contributed by atoms with E-state index in [1.807, 2.05) is 18.2 Å². The lowest BCUT2D eigenvalue weighted by Crippen LogP contribution is -2.35. The van der Waals surface area contributed by atoms with Gasteiger partial charge in [0.15, 0.2) is 0 Å². The smallest absolute Gasteiger partial charge is 0.254 e. The summed E-state index contributed by atoms with van der Waals surface area (Å²) in [6, 6.07) is 7.95. The zero-order valence-corrected chi connectivity index (χ0v) is 13.1. The van der Waals surface area contributed by atoms with Gasteiger partial charge in [0.05, 0.1) is 5.69 Å². The van der Waals surface area contributed by atoms with Crippen LogP contribution in [0.5, 0.6) is 0 Å². The van der Waals surface area contributed by atoms with E-state index >= 15 is 0 Å². The number of nitrogens with one attached hydrogen (secondary N) is 1. The van der Waals surface area contributed by atoms with Crippen LogP contribution < -0.4 is 5.56 Å². The van der Waals surface area contributed by atoms with E-state index in [1.165, 1.54) is 5.56 Å². The first kappa shape index (κ1) is 14.0. The summed E-state index contributed by atoms with van der Waals surface area (Å²) >= 11 is 6.05. The van der Waals surface area contributed by atoms with E-state index in [9.17, 15) is 4.79 Å². The van der Waals surface area contributed by atoms with Crippen molar-refractivity contribution in [3.05, 3.63) is 62.3 Å². The van der Waals surface area contributed by atoms with Crippen LogP contribution in [-0.4, -0.2) is 21.4 Å². The van der Waals surface area contributed by atoms with Gasteiger partial charge in [0.25, 0.3) is 5.56 Å². The van der Waals surface area contributed by atoms with Gasteiger partial charge >= 0.3 is 0 Å². The van der Waals surface area contributed by atoms with Crippen LogP contribution in [0.3, 0.4) is 0 Å². The second-order valence-corrected chi connectivity index (χ2v) is 6.68. The molecule has 4 rings (SSSR count). The number of hydrogen-bond acceptors (Lipinski definition) is 3. The zero-order valence-electron chi connectivity index (χ0n) is 12.3. The molecule has 0 amide bonds. The van der Waals surface area contributed by atoms with Gasteiger partial charge in [-0.3, -0.25) is 9.69 Å². The molecule has 0 atom stereocenters. The van der Waals surface area contributed by atoms with Crippen molar-refractivity contribution < 1.29 is 0 Å². The molecule has 2 aromatic rings. The summed E-state index contributed by atoms with van der Waals surface area (Å²) in [5.41, 5.74) is 3.09. The highest BCUT2D eigenvalue weighted by Gasteiger charge is 2.29. The van der Waals surface area contributed by atoms with Gasteiger partial charge in [-0.25, -0.2) is 4.98 Å². The summed E-state index contributed by atoms with van der Waals surface area (Å²) in [6.07, 6.45) is 3.06. The highest BCUT2D eigenvalue weighted by molar-refractivity contribution is 6.30. The highest BCUT2D eigenvalue weighted by Crippen LogP contribution is 2.37. The average Bonchev–Trinajstić information content (AvgIpc) is 3.31. The second kappa shape index (κ2) is 5.52. The van der Waals surface area contributed by atoms with Crippen LogP contribution in [0.25, 0.3) is 0 Å². The average molecular weight is 316 g/mol. The lowest BCUT2D eigenvalue weighted by molar-refractivity contribution is 0.240. The molecule has 2 aliphatic rings. The van der Waals surface area contributed by atoms with Gasteiger partial charge in [0.2, 0.25) is 0 Å². The highest BCUT2D eigenvalue weighted by atomic mass is 35.5. The van der Waals surface area contributed by atoms with Crippen molar-refractivity contribution in [3.63, 3.8) is 0 Å². The lowest BCUT2D eigenvalue weighted by atomic mass is 10.1. The van der Waals surface area contributed by atoms with Crippen molar-refractivity contribution in [1.82, 2.24) is 14.9 Å². The van der Waals surface area contributed by atoms with Crippen molar-refractivity contribution in [3.8, 4) is 0 Å². The number of fused-ring (bicyclic) bond motifs is 1. The molecule has 1 aliphatic heterocycles. The van der Waals surface area contributed by atoms with Gasteiger partial charge in [0.1, 0.15) is 5.82 Å². The van der Waals surface area contributed by atoms with E-state index in [0.29, 0.717) is 5.92 Å². The van der Waals surface area contributed by atoms with Crippen LogP contribution in [0.4, 0.5) is 0 Å². The van der Waals surface area contributed by atoms with Gasteiger partial charge in [-0.05, 0) is 37.0 Å². The molecule has 1 aliphatic carbocycles. The number of nitrogens with zero attached hydrogens (tertiary/aromatic N) is 2. The Bertz CT molecular complexity index is 767. The molecule has 22 heavy (non-hydrogen) atoms. The minimum absolute atomic E-state index is 0.0642. The van der Waals surface area contributed by atoms with Crippen LogP contribution in [0, 0.1) is 0 Å². The number of H-pyrrole nitrogens is 1. The summed E-state index contributed by atoms with van der Waals surface area (Å²) in [6.45, 7) is 2.46. The maximum Gasteiger partial charge on any atom is 0.254 e. The summed E-state index contributed by atoms with van der Waals surface area (Å²) in [5.74, 6) is 1.36. The summed E-state index contributed by atoms with van der Waals surface area (Å²) in [7, 11) is 0. The van der Waals surface area contributed by atoms with Gasteiger partial charge in [-0.2, -0.15) is 0 Å². The van der Waals surface area contributed by atoms with Crippen LogP contribution in [0.15, 0.2) is 29.1 Å². The fourth-order valence-corrected chi connectivity index (χ4v) is 3.30. The van der Waals surface area contributed by atoms with Crippen molar-refractivity contribution in [2.45, 2.75) is 38.3 Å². The first-order valence-corrected chi connectivity index (χ1v) is 8.15. The van der Waals surface area contributed by atoms with Crippen LogP contribution in [0.2, 0.25) is 5.02 Å². The van der Waals surface area contributed by atoms with Crippen molar-refractivity contribution >= 4 is 11.6 Å². The monoisotopic (exact) mass is 315 g/mol. The Hall–Kier alpha value is -1.65. The molecular formula is C17H18ClN3O. The Morgan fingerprint density at radius 2 is 2.23 bits per heavy atom. The number of aromatic amines is 1. The molecule has 4 nitrogen and oxygen atoms in total. The predicted molar refractivity (Wildman–Crippen MR) is 86.1 cm³/mol. The third-order valence-electron chi connectivity index (χ3n) is 4.43. The molecule has 1 saturated carbocycles. The topological polar surface area (TPSA) is 49.0 Å². The van der Waals surface area contributed by atoms with E-state index in [0.717, 1.165) is 61.0 Å². The molecule has 0 unspecified atom stereocenters. The SMILES string of the molecule is O=c1[nH]c(C2CC2)nc2c1CCN(Cc1cccc(Cl)c1)C2. The molecule has 1 aromatic carbocycles. The Labute approximate surface area is 134 Å². The molecule has 1 aromatic heterocycles. The predicted octanol–water partition coefficient (Wildman–Crippen LogP) is 2.86. The molecule has 114 valence electrons. The number of hydrogen-bond donors (Lipinski definition) is 1. The van der Waals surface area contributed by atoms with Gasteiger partial charge in [-0.1, -0.05) is 23.7 Å². The Balaban J connectivity index is 1.56. The molecular weight excluding hydrogens is 298 g/mol. The first-order chi connectivity index (χ1) is 10.7. The largest absolute Gasteiger partial charge is 0.310 e. The zero-order chi connectivity index (χ0) is 15.1. The van der Waals surface area contributed by atoms with E-state index in [1.54, 1.807) is 0 Å². The number of halogens is 1. The Morgan fingerprint density at radius 1 is 1.36 bits per heavy atom. The quantitative estimate of drug-likeness (QED) is 0.947. The summed E-state index contributed by atoms with van der Waals surface area (Å²) < 4.78 is 0. The first-order valence-electron chi connectivity index (χ1n) is 7.78. The van der Waals surface area contributed by atoms with E-state index in [4.69, 9.17) is 16.6 Å². The van der Waals surface area contributed by atoms with Crippen LogP contribution in [0.1, 0.15) is 41.4 Å². The standard InChI is InChI=1S/C17H18ClN3O/c18-13-3-1-2-11(8-13)9-21-7-6-14-15(10-21)19-16(12-4-5-12)20-17(14)22/h1-3,8,12H,4-7,9-10H2,(H,19,20,22). The Kier molecular flexibility index (Phi) is 3.51. The number of benzene rings is 1. The van der Waals surface area contributed by atoms with Crippen molar-refractivity contribution in [2.75, 3.05) is 6.54 Å². The molecule has 0 bridgehead atoms. The summed E-state index contributed by atoms with van der Waals surface area (Å²) in [5, 5.41) is 0.764. The molecule has 1 N–H and O–H groups in total. The van der Waals surface area contributed by atoms with Crippen molar-refractivity contribution in [1.29, 1.82) is 0 Å². The number of aromatic nitrogens is 2. The molecule has 0 saturated heterocycles. The Morgan fingerprint density at radius 3 is 3.00 bits per heavy atom. The van der Waals surface area contributed by atoms with Gasteiger partial charge < -0.3 is 4.98 Å². The molecule has 2 heterocycles. The maximum atomic E-state index is 12.2. The van der Waals surface area contributed by atoms with E-state index in [-0.39, 0.29) is 5.56 Å². The van der Waals surface area contributed by atoms with E-state index < -0.39 is 0 Å². The van der Waals surface area contributed by atoms with Gasteiger partial charge in [-0.15, -0.1) is 0 Å². The third kappa shape index (κ3) is 2.81. The molecule has 0 radical (unpaired) electrons. The second-order valence-electron chi connectivity index (χ2n) is 6.24. The fraction of sp³-hybridized carbons (Fsp3) is 0.412. The third-order valence-corrected chi connectivity index (χ3v) is 4.67. The maximum absolute atomic E-state index is 12.2. The molecule has 5 heteroatoms. The normalized spacial score (nSPS) is 18.2. The number of rotatable bonds is 3. The van der Waals surface area contributed by atoms with E-state index in [2.05, 4.69) is 16.0 Å². The lowest BCUT2D eigenvalue weighted by Gasteiger charge is -2.27. The van der Waals surface area contributed by atoms with Crippen LogP contribution >= 0.6 is 11.6 Å². The minimum atomic E-state index is 0.0642. The summed E-state index contributed by atoms with van der Waals surface area (Å²) in [4.78, 5) is 22.2. The van der Waals surface area contributed by atoms with Gasteiger partial charge in [0, 0.05) is 36.1 Å².